The first-order valence-electron chi connectivity index (χ1n) is 5.73. The van der Waals surface area contributed by atoms with E-state index in [4.69, 9.17) is 28.9 Å². The van der Waals surface area contributed by atoms with Gasteiger partial charge in [0.2, 0.25) is 5.91 Å². The maximum Gasteiger partial charge on any atom is 0.248 e. The van der Waals surface area contributed by atoms with Crippen LogP contribution in [0.5, 0.6) is 0 Å². The van der Waals surface area contributed by atoms with Gasteiger partial charge in [0.1, 0.15) is 0 Å². The predicted octanol–water partition coefficient (Wildman–Crippen LogP) is 2.51. The highest BCUT2D eigenvalue weighted by atomic mass is 35.5. The summed E-state index contributed by atoms with van der Waals surface area (Å²) in [5.74, 6) is -0.169. The quantitative estimate of drug-likeness (QED) is 0.874. The second-order valence-corrected chi connectivity index (χ2v) is 6.66. The summed E-state index contributed by atoms with van der Waals surface area (Å²) in [6.07, 6.45) is 0.527. The lowest BCUT2D eigenvalue weighted by Crippen LogP contribution is -2.42. The van der Waals surface area contributed by atoms with E-state index in [1.807, 2.05) is 13.8 Å². The maximum absolute atomic E-state index is 12.0. The summed E-state index contributed by atoms with van der Waals surface area (Å²) in [7, 11) is -1.72. The zero-order valence-electron chi connectivity index (χ0n) is 10.7. The number of carbonyl (C=O) groups is 1. The second kappa shape index (κ2) is 7.24. The van der Waals surface area contributed by atoms with Crippen LogP contribution in [0.4, 0.5) is 0 Å². The molecule has 19 heavy (non-hydrogen) atoms. The topological polar surface area (TPSA) is 72.2 Å². The van der Waals surface area contributed by atoms with Gasteiger partial charge in [-0.2, -0.15) is 0 Å². The molecule has 0 spiro atoms. The van der Waals surface area contributed by atoms with Crippen molar-refractivity contribution in [2.24, 2.45) is 11.7 Å². The highest BCUT2D eigenvalue weighted by Gasteiger charge is 2.18. The van der Waals surface area contributed by atoms with E-state index in [1.54, 1.807) is 0 Å². The summed E-state index contributed by atoms with van der Waals surface area (Å²) < 4.78 is 14.3. The fourth-order valence-electron chi connectivity index (χ4n) is 1.48. The summed E-state index contributed by atoms with van der Waals surface area (Å²) >= 11 is 11.6. The number of nitrogens with two attached hydrogens (primary N) is 1. The minimum atomic E-state index is -1.72. The fraction of sp³-hybridized carbons (Fsp3) is 0.417. The van der Waals surface area contributed by atoms with E-state index in [2.05, 4.69) is 4.72 Å². The number of hydrogen-bond donors (Lipinski definition) is 2. The summed E-state index contributed by atoms with van der Waals surface area (Å²) in [6.45, 7) is 3.92. The Balaban J connectivity index is 2.71. The molecule has 0 heterocycles. The molecule has 1 rings (SSSR count). The van der Waals surface area contributed by atoms with Crippen molar-refractivity contribution >= 4 is 40.1 Å². The maximum atomic E-state index is 12.0. The van der Waals surface area contributed by atoms with E-state index in [0.717, 1.165) is 0 Å². The number of hydrogen-bond acceptors (Lipinski definition) is 3. The molecule has 0 fully saturated rings. The Morgan fingerprint density at radius 1 is 1.32 bits per heavy atom. The Bertz CT molecular complexity index is 474. The summed E-state index contributed by atoms with van der Waals surface area (Å²) in [5.41, 5.74) is 5.71. The van der Waals surface area contributed by atoms with Crippen LogP contribution in [0.3, 0.4) is 0 Å². The molecule has 2 atom stereocenters. The lowest BCUT2D eigenvalue weighted by Gasteiger charge is -2.13. The molecule has 2 unspecified atom stereocenters. The average molecular weight is 323 g/mol. The molecule has 7 heteroatoms. The third kappa shape index (κ3) is 5.48. The van der Waals surface area contributed by atoms with Crippen molar-refractivity contribution in [1.29, 1.82) is 0 Å². The van der Waals surface area contributed by atoms with Gasteiger partial charge < -0.3 is 5.73 Å². The zero-order chi connectivity index (χ0) is 14.6. The second-order valence-electron chi connectivity index (χ2n) is 4.58. The molecule has 0 aliphatic carbocycles. The molecular formula is C12H16Cl2N2O2S. The van der Waals surface area contributed by atoms with E-state index in [-0.39, 0.29) is 5.92 Å². The SMILES string of the molecule is CC(C)CC(N)C(=O)NS(=O)c1cc(Cl)cc(Cl)c1. The molecule has 0 aliphatic heterocycles. The van der Waals surface area contributed by atoms with E-state index in [9.17, 15) is 9.00 Å². The van der Waals surface area contributed by atoms with E-state index < -0.39 is 22.9 Å². The molecule has 1 aromatic rings. The van der Waals surface area contributed by atoms with Crippen LogP contribution in [-0.2, 0) is 15.8 Å². The first-order chi connectivity index (χ1) is 8.79. The first kappa shape index (κ1) is 16.4. The van der Waals surface area contributed by atoms with Crippen LogP contribution in [-0.4, -0.2) is 16.2 Å². The van der Waals surface area contributed by atoms with Crippen molar-refractivity contribution in [2.45, 2.75) is 31.2 Å². The molecule has 0 aliphatic rings. The van der Waals surface area contributed by atoms with Crippen molar-refractivity contribution < 1.29 is 9.00 Å². The van der Waals surface area contributed by atoms with Gasteiger partial charge in [-0.15, -0.1) is 0 Å². The van der Waals surface area contributed by atoms with Gasteiger partial charge in [-0.05, 0) is 30.5 Å². The standard InChI is InChI=1S/C12H16Cl2N2O2S/c1-7(2)3-11(15)12(17)16-19(18)10-5-8(13)4-9(14)6-10/h4-7,11H,3,15H2,1-2H3,(H,16,17). The smallest absolute Gasteiger partial charge is 0.248 e. The molecule has 0 saturated heterocycles. The van der Waals surface area contributed by atoms with Gasteiger partial charge in [-0.25, -0.2) is 4.21 Å². The van der Waals surface area contributed by atoms with Crippen molar-refractivity contribution in [3.8, 4) is 0 Å². The van der Waals surface area contributed by atoms with Crippen LogP contribution in [0, 0.1) is 5.92 Å². The van der Waals surface area contributed by atoms with Crippen LogP contribution < -0.4 is 10.5 Å². The highest BCUT2D eigenvalue weighted by molar-refractivity contribution is 7.83. The highest BCUT2D eigenvalue weighted by Crippen LogP contribution is 2.20. The van der Waals surface area contributed by atoms with Crippen LogP contribution in [0.1, 0.15) is 20.3 Å². The van der Waals surface area contributed by atoms with Gasteiger partial charge in [0.15, 0.2) is 11.0 Å². The molecule has 106 valence electrons. The average Bonchev–Trinajstić information content (AvgIpc) is 2.26. The van der Waals surface area contributed by atoms with Gasteiger partial charge in [-0.1, -0.05) is 37.0 Å². The molecule has 0 saturated carbocycles. The number of amides is 1. The minimum absolute atomic E-state index is 0.287. The van der Waals surface area contributed by atoms with Crippen molar-refractivity contribution in [2.75, 3.05) is 0 Å². The lowest BCUT2D eigenvalue weighted by atomic mass is 10.0. The number of nitrogens with one attached hydrogen (secondary N) is 1. The zero-order valence-corrected chi connectivity index (χ0v) is 13.0. The Morgan fingerprint density at radius 3 is 2.32 bits per heavy atom. The van der Waals surface area contributed by atoms with Crippen molar-refractivity contribution in [1.82, 2.24) is 4.72 Å². The molecule has 3 N–H and O–H groups in total. The van der Waals surface area contributed by atoms with Gasteiger partial charge >= 0.3 is 0 Å². The summed E-state index contributed by atoms with van der Waals surface area (Å²) in [4.78, 5) is 12.1. The Kier molecular flexibility index (Phi) is 6.26. The van der Waals surface area contributed by atoms with Gasteiger partial charge in [0, 0.05) is 10.0 Å². The van der Waals surface area contributed by atoms with Gasteiger partial charge in [-0.3, -0.25) is 9.52 Å². The van der Waals surface area contributed by atoms with Crippen LogP contribution in [0.2, 0.25) is 10.0 Å². The fourth-order valence-corrected chi connectivity index (χ4v) is 3.05. The Morgan fingerprint density at radius 2 is 1.84 bits per heavy atom. The lowest BCUT2D eigenvalue weighted by molar-refractivity contribution is -0.120. The molecule has 0 radical (unpaired) electrons. The summed E-state index contributed by atoms with van der Waals surface area (Å²) in [6, 6.07) is 3.81. The third-order valence-corrected chi connectivity index (χ3v) is 3.79. The Hall–Kier alpha value is -0.620. The van der Waals surface area contributed by atoms with E-state index in [1.165, 1.54) is 18.2 Å². The van der Waals surface area contributed by atoms with Gasteiger partial charge in [0.25, 0.3) is 0 Å². The molecule has 1 amide bonds. The molecule has 4 nitrogen and oxygen atoms in total. The molecule has 0 aromatic heterocycles. The largest absolute Gasteiger partial charge is 0.320 e. The van der Waals surface area contributed by atoms with Crippen LogP contribution in [0.25, 0.3) is 0 Å². The Labute approximate surface area is 125 Å². The molecular weight excluding hydrogens is 307 g/mol. The van der Waals surface area contributed by atoms with E-state index in [0.29, 0.717) is 21.4 Å². The number of benzene rings is 1. The number of halogens is 2. The van der Waals surface area contributed by atoms with Crippen molar-refractivity contribution in [3.05, 3.63) is 28.2 Å². The van der Waals surface area contributed by atoms with Crippen LogP contribution in [0.15, 0.2) is 23.1 Å². The van der Waals surface area contributed by atoms with Gasteiger partial charge in [0.05, 0.1) is 10.9 Å². The first-order valence-corrected chi connectivity index (χ1v) is 7.64. The van der Waals surface area contributed by atoms with Crippen LogP contribution >= 0.6 is 23.2 Å². The monoisotopic (exact) mass is 322 g/mol. The minimum Gasteiger partial charge on any atom is -0.320 e. The third-order valence-electron chi connectivity index (χ3n) is 2.31. The van der Waals surface area contributed by atoms with Crippen molar-refractivity contribution in [3.63, 3.8) is 0 Å². The number of carbonyl (C=O) groups excluding carboxylic acids is 1. The normalized spacial score (nSPS) is 14.2. The number of rotatable bonds is 5. The van der Waals surface area contributed by atoms with E-state index >= 15 is 0 Å². The molecule has 1 aromatic carbocycles. The summed E-state index contributed by atoms with van der Waals surface area (Å²) in [5, 5.41) is 0.716. The molecule has 0 bridgehead atoms. The predicted molar refractivity (Wildman–Crippen MR) is 78.4 cm³/mol.